The van der Waals surface area contributed by atoms with Crippen molar-refractivity contribution >= 4 is 11.9 Å². The molecule has 0 fully saturated rings. The van der Waals surface area contributed by atoms with E-state index in [1.54, 1.807) is 6.92 Å². The van der Waals surface area contributed by atoms with Gasteiger partial charge in [0.05, 0.1) is 18.9 Å². The van der Waals surface area contributed by atoms with Gasteiger partial charge in [-0.25, -0.2) is 4.79 Å². The van der Waals surface area contributed by atoms with Gasteiger partial charge in [0.2, 0.25) is 0 Å². The lowest BCUT2D eigenvalue weighted by Crippen LogP contribution is -2.18. The minimum absolute atomic E-state index is 0.265. The Morgan fingerprint density at radius 2 is 2.29 bits per heavy atom. The standard InChI is InChI=1S/C8H11N3O3/c1-5(8(13)14-2)11-4-6(3-10-11)7(9)12/h3-5H,1-2H3,(H2,9,12)/t5-/m0/s1. The fourth-order valence-corrected chi connectivity index (χ4v) is 0.956. The summed E-state index contributed by atoms with van der Waals surface area (Å²) >= 11 is 0. The van der Waals surface area contributed by atoms with E-state index in [-0.39, 0.29) is 5.56 Å². The van der Waals surface area contributed by atoms with Gasteiger partial charge in [0.25, 0.3) is 5.91 Å². The zero-order valence-corrected chi connectivity index (χ0v) is 7.93. The van der Waals surface area contributed by atoms with E-state index >= 15 is 0 Å². The predicted octanol–water partition coefficient (Wildman–Crippen LogP) is -0.284. The Bertz CT molecular complexity index is 358. The third kappa shape index (κ3) is 1.90. The number of esters is 1. The number of hydrogen-bond donors (Lipinski definition) is 1. The molecule has 1 aromatic heterocycles. The smallest absolute Gasteiger partial charge is 0.330 e. The molecule has 1 rings (SSSR count). The topological polar surface area (TPSA) is 87.2 Å². The molecule has 14 heavy (non-hydrogen) atoms. The fourth-order valence-electron chi connectivity index (χ4n) is 0.956. The molecule has 2 N–H and O–H groups in total. The molecule has 1 atom stereocenters. The first kappa shape index (κ1) is 10.2. The SMILES string of the molecule is COC(=O)[C@H](C)n1cc(C(N)=O)cn1. The summed E-state index contributed by atoms with van der Waals surface area (Å²) < 4.78 is 5.85. The minimum atomic E-state index is -0.576. The summed E-state index contributed by atoms with van der Waals surface area (Å²) in [4.78, 5) is 21.8. The van der Waals surface area contributed by atoms with E-state index in [9.17, 15) is 9.59 Å². The lowest BCUT2D eigenvalue weighted by molar-refractivity contribution is -0.144. The Balaban J connectivity index is 2.86. The van der Waals surface area contributed by atoms with Crippen molar-refractivity contribution in [3.8, 4) is 0 Å². The largest absolute Gasteiger partial charge is 0.467 e. The number of hydrogen-bond acceptors (Lipinski definition) is 4. The van der Waals surface area contributed by atoms with Crippen LogP contribution in [-0.2, 0) is 9.53 Å². The van der Waals surface area contributed by atoms with Crippen molar-refractivity contribution in [3.05, 3.63) is 18.0 Å². The molecular formula is C8H11N3O3. The number of nitrogens with two attached hydrogens (primary N) is 1. The van der Waals surface area contributed by atoms with Gasteiger partial charge in [-0.05, 0) is 6.92 Å². The van der Waals surface area contributed by atoms with Gasteiger partial charge < -0.3 is 10.5 Å². The highest BCUT2D eigenvalue weighted by atomic mass is 16.5. The molecule has 6 heteroatoms. The zero-order chi connectivity index (χ0) is 10.7. The zero-order valence-electron chi connectivity index (χ0n) is 7.93. The highest BCUT2D eigenvalue weighted by Crippen LogP contribution is 2.07. The highest BCUT2D eigenvalue weighted by molar-refractivity contribution is 5.92. The number of nitrogens with zero attached hydrogens (tertiary/aromatic N) is 2. The van der Waals surface area contributed by atoms with Crippen LogP contribution in [0.1, 0.15) is 23.3 Å². The molecule has 0 aromatic carbocycles. The van der Waals surface area contributed by atoms with E-state index in [1.807, 2.05) is 0 Å². The van der Waals surface area contributed by atoms with Crippen LogP contribution in [0.2, 0.25) is 0 Å². The van der Waals surface area contributed by atoms with Crippen molar-refractivity contribution in [3.63, 3.8) is 0 Å². The van der Waals surface area contributed by atoms with E-state index in [4.69, 9.17) is 5.73 Å². The van der Waals surface area contributed by atoms with E-state index in [0.717, 1.165) is 0 Å². The van der Waals surface area contributed by atoms with E-state index in [2.05, 4.69) is 9.84 Å². The van der Waals surface area contributed by atoms with Gasteiger partial charge in [-0.1, -0.05) is 0 Å². The van der Waals surface area contributed by atoms with Gasteiger partial charge in [0.15, 0.2) is 0 Å². The molecule has 1 aromatic rings. The molecule has 0 unspecified atom stereocenters. The summed E-state index contributed by atoms with van der Waals surface area (Å²) in [7, 11) is 1.29. The number of methoxy groups -OCH3 is 1. The summed E-state index contributed by atoms with van der Waals surface area (Å²) in [6.07, 6.45) is 2.71. The first-order valence-corrected chi connectivity index (χ1v) is 3.98. The van der Waals surface area contributed by atoms with Gasteiger partial charge in [0, 0.05) is 6.20 Å². The summed E-state index contributed by atoms with van der Waals surface area (Å²) in [5.41, 5.74) is 5.29. The van der Waals surface area contributed by atoms with E-state index in [1.165, 1.54) is 24.2 Å². The molecule has 76 valence electrons. The average Bonchev–Trinajstić information content (AvgIpc) is 2.64. The highest BCUT2D eigenvalue weighted by Gasteiger charge is 2.16. The second kappa shape index (κ2) is 3.91. The molecule has 1 heterocycles. The maximum atomic E-state index is 11.1. The van der Waals surface area contributed by atoms with E-state index in [0.29, 0.717) is 0 Å². The molecule has 0 saturated heterocycles. The van der Waals surface area contributed by atoms with Gasteiger partial charge in [-0.3, -0.25) is 9.48 Å². The van der Waals surface area contributed by atoms with Crippen LogP contribution < -0.4 is 5.73 Å². The van der Waals surface area contributed by atoms with Crippen LogP contribution in [0.15, 0.2) is 12.4 Å². The molecule has 0 aliphatic rings. The molecular weight excluding hydrogens is 186 g/mol. The monoisotopic (exact) mass is 197 g/mol. The number of ether oxygens (including phenoxy) is 1. The van der Waals surface area contributed by atoms with Crippen molar-refractivity contribution in [2.75, 3.05) is 7.11 Å². The van der Waals surface area contributed by atoms with Crippen LogP contribution in [0.4, 0.5) is 0 Å². The van der Waals surface area contributed by atoms with Crippen LogP contribution in [0.5, 0.6) is 0 Å². The summed E-state index contributed by atoms with van der Waals surface area (Å²) in [6, 6.07) is -0.562. The van der Waals surface area contributed by atoms with Crippen LogP contribution >= 0.6 is 0 Å². The Hall–Kier alpha value is -1.85. The van der Waals surface area contributed by atoms with Gasteiger partial charge in [0.1, 0.15) is 6.04 Å². The molecule has 1 amide bonds. The molecule has 0 radical (unpaired) electrons. The van der Waals surface area contributed by atoms with Crippen molar-refractivity contribution < 1.29 is 14.3 Å². The first-order valence-electron chi connectivity index (χ1n) is 3.98. The third-order valence-corrected chi connectivity index (χ3v) is 1.83. The summed E-state index contributed by atoms with van der Waals surface area (Å²) in [5, 5.41) is 3.82. The molecule has 0 aliphatic carbocycles. The Morgan fingerprint density at radius 1 is 1.64 bits per heavy atom. The quantitative estimate of drug-likeness (QED) is 0.675. The average molecular weight is 197 g/mol. The van der Waals surface area contributed by atoms with Crippen LogP contribution in [0, 0.1) is 0 Å². The lowest BCUT2D eigenvalue weighted by atomic mass is 10.3. The number of primary amides is 1. The fraction of sp³-hybridized carbons (Fsp3) is 0.375. The molecule has 6 nitrogen and oxygen atoms in total. The second-order valence-corrected chi connectivity index (χ2v) is 2.77. The number of amides is 1. The van der Waals surface area contributed by atoms with Crippen LogP contribution in [0.25, 0.3) is 0 Å². The minimum Gasteiger partial charge on any atom is -0.467 e. The van der Waals surface area contributed by atoms with Gasteiger partial charge in [-0.15, -0.1) is 0 Å². The second-order valence-electron chi connectivity index (χ2n) is 2.77. The van der Waals surface area contributed by atoms with Crippen molar-refractivity contribution in [1.82, 2.24) is 9.78 Å². The first-order chi connectivity index (χ1) is 6.56. The Labute approximate surface area is 80.6 Å². The molecule has 0 aliphatic heterocycles. The molecule has 0 saturated carbocycles. The maximum Gasteiger partial charge on any atom is 0.330 e. The summed E-state index contributed by atoms with van der Waals surface area (Å²) in [6.45, 7) is 1.61. The normalized spacial score (nSPS) is 12.1. The van der Waals surface area contributed by atoms with Gasteiger partial charge in [-0.2, -0.15) is 5.10 Å². The maximum absolute atomic E-state index is 11.1. The third-order valence-electron chi connectivity index (χ3n) is 1.83. The Kier molecular flexibility index (Phi) is 2.85. The Morgan fingerprint density at radius 3 is 2.71 bits per heavy atom. The lowest BCUT2D eigenvalue weighted by Gasteiger charge is -2.08. The predicted molar refractivity (Wildman–Crippen MR) is 47.5 cm³/mol. The summed E-state index contributed by atoms with van der Waals surface area (Å²) in [5.74, 6) is -1.00. The van der Waals surface area contributed by atoms with Crippen molar-refractivity contribution in [2.45, 2.75) is 13.0 Å². The number of carbonyl (C=O) groups is 2. The number of aromatic nitrogens is 2. The number of carbonyl (C=O) groups excluding carboxylic acids is 2. The number of rotatable bonds is 3. The van der Waals surface area contributed by atoms with Crippen molar-refractivity contribution in [2.24, 2.45) is 5.73 Å². The molecule has 0 spiro atoms. The van der Waals surface area contributed by atoms with E-state index < -0.39 is 17.9 Å². The van der Waals surface area contributed by atoms with Gasteiger partial charge >= 0.3 is 5.97 Å². The van der Waals surface area contributed by atoms with Crippen molar-refractivity contribution in [1.29, 1.82) is 0 Å². The molecule has 0 bridgehead atoms. The van der Waals surface area contributed by atoms with Crippen LogP contribution in [0.3, 0.4) is 0 Å². The van der Waals surface area contributed by atoms with Crippen LogP contribution in [-0.4, -0.2) is 28.8 Å².